The van der Waals surface area contributed by atoms with Crippen LogP contribution < -0.4 is 5.32 Å². The summed E-state index contributed by atoms with van der Waals surface area (Å²) >= 11 is 0. The Morgan fingerprint density at radius 1 is 0.794 bits per heavy atom. The van der Waals surface area contributed by atoms with Crippen molar-refractivity contribution in [2.24, 2.45) is 0 Å². The van der Waals surface area contributed by atoms with E-state index in [-0.39, 0.29) is 17.0 Å². The number of carboxylic acids is 1. The summed E-state index contributed by atoms with van der Waals surface area (Å²) in [5.74, 6) is -0.553. The number of halogens is 1. The molecule has 0 radical (unpaired) electrons. The second-order valence-electron chi connectivity index (χ2n) is 8.17. The summed E-state index contributed by atoms with van der Waals surface area (Å²) in [6, 6.07) is 31.5. The number of phenols is 1. The number of carbonyl (C=O) groups is 1. The number of nitrogens with one attached hydrogen (secondary N) is 1. The van der Waals surface area contributed by atoms with E-state index in [9.17, 15) is 9.90 Å². The lowest BCUT2D eigenvalue weighted by Gasteiger charge is -2.14. The van der Waals surface area contributed by atoms with Gasteiger partial charge in [-0.05, 0) is 78.9 Å². The minimum absolute atomic E-state index is 0. The zero-order chi connectivity index (χ0) is 23.5. The molecule has 0 bridgehead atoms. The molecular weight excluding hydrogens is 490 g/mol. The van der Waals surface area contributed by atoms with Crippen molar-refractivity contribution < 1.29 is 15.0 Å². The number of phenolic OH excluding ortho intramolecular Hbond substituents is 1. The van der Waals surface area contributed by atoms with Gasteiger partial charge in [0.25, 0.3) is 0 Å². The van der Waals surface area contributed by atoms with Gasteiger partial charge >= 0.3 is 5.97 Å². The van der Waals surface area contributed by atoms with Gasteiger partial charge in [0.2, 0.25) is 0 Å². The fraction of sp³-hybridized carbons (Fsp3) is 0.207. The second-order valence-corrected chi connectivity index (χ2v) is 8.17. The Kier molecular flexibility index (Phi) is 11.3. The van der Waals surface area contributed by atoms with Crippen LogP contribution in [0, 0.1) is 0 Å². The van der Waals surface area contributed by atoms with Crippen LogP contribution in [0.1, 0.15) is 34.8 Å². The lowest BCUT2D eigenvalue weighted by atomic mass is 10.0. The van der Waals surface area contributed by atoms with Gasteiger partial charge in [-0.1, -0.05) is 72.8 Å². The molecule has 0 saturated carbocycles. The molecule has 0 fully saturated rings. The highest BCUT2D eigenvalue weighted by Gasteiger charge is 2.03. The second kappa shape index (κ2) is 14.2. The van der Waals surface area contributed by atoms with Gasteiger partial charge in [0.1, 0.15) is 5.75 Å². The number of fused-ring (bicyclic) bond motifs is 1. The van der Waals surface area contributed by atoms with Crippen molar-refractivity contribution in [1.82, 2.24) is 5.32 Å². The molecule has 4 aromatic rings. The van der Waals surface area contributed by atoms with E-state index in [2.05, 4.69) is 60.8 Å². The smallest absolute Gasteiger partial charge is 0.335 e. The number of hydrogen-bond donors (Lipinski definition) is 3. The number of carboxylic acid groups (broad SMARTS) is 1. The highest BCUT2D eigenvalue weighted by Crippen LogP contribution is 2.21. The maximum atomic E-state index is 10.2. The van der Waals surface area contributed by atoms with Crippen molar-refractivity contribution in [2.45, 2.75) is 32.2 Å². The number of hydrogen-bond acceptors (Lipinski definition) is 3. The van der Waals surface area contributed by atoms with Crippen LogP contribution in [0.2, 0.25) is 0 Å². The van der Waals surface area contributed by atoms with Crippen LogP contribution in [0.5, 0.6) is 5.75 Å². The molecule has 0 aliphatic carbocycles. The van der Waals surface area contributed by atoms with E-state index in [1.807, 2.05) is 12.1 Å². The molecule has 1 unspecified atom stereocenters. The molecular formula is C29H32BrNO3. The quantitative estimate of drug-likeness (QED) is 0.242. The minimum Gasteiger partial charge on any atom is -0.508 e. The van der Waals surface area contributed by atoms with Crippen LogP contribution in [0.15, 0.2) is 97.1 Å². The molecule has 3 N–H and O–H groups in total. The Labute approximate surface area is 212 Å². The molecule has 0 aliphatic rings. The van der Waals surface area contributed by atoms with Crippen molar-refractivity contribution in [1.29, 1.82) is 0 Å². The number of benzene rings is 4. The van der Waals surface area contributed by atoms with E-state index in [0.29, 0.717) is 17.4 Å². The summed E-state index contributed by atoms with van der Waals surface area (Å²) in [7, 11) is 0. The van der Waals surface area contributed by atoms with Crippen LogP contribution in [0.25, 0.3) is 10.8 Å². The Morgan fingerprint density at radius 3 is 2.09 bits per heavy atom. The predicted octanol–water partition coefficient (Wildman–Crippen LogP) is 6.66. The maximum absolute atomic E-state index is 10.2. The van der Waals surface area contributed by atoms with E-state index >= 15 is 0 Å². The number of aryl methyl sites for hydroxylation is 1. The molecule has 0 aliphatic heterocycles. The topological polar surface area (TPSA) is 69.6 Å². The third kappa shape index (κ3) is 9.00. The molecule has 4 nitrogen and oxygen atoms in total. The minimum atomic E-state index is -0.879. The van der Waals surface area contributed by atoms with Crippen molar-refractivity contribution in [3.8, 4) is 5.75 Å². The highest BCUT2D eigenvalue weighted by atomic mass is 79.9. The number of aromatic carboxylic acids is 1. The zero-order valence-electron chi connectivity index (χ0n) is 19.4. The Bertz CT molecular complexity index is 1150. The molecule has 4 aromatic carbocycles. The Morgan fingerprint density at radius 2 is 1.44 bits per heavy atom. The van der Waals surface area contributed by atoms with Crippen molar-refractivity contribution in [2.75, 3.05) is 6.54 Å². The predicted molar refractivity (Wildman–Crippen MR) is 145 cm³/mol. The lowest BCUT2D eigenvalue weighted by molar-refractivity contribution is 0.0697. The first kappa shape index (κ1) is 27.1. The molecule has 0 spiro atoms. The molecule has 1 atom stereocenters. The van der Waals surface area contributed by atoms with Gasteiger partial charge < -0.3 is 15.5 Å². The summed E-state index contributed by atoms with van der Waals surface area (Å²) in [4.78, 5) is 10.2. The molecule has 0 saturated heterocycles. The van der Waals surface area contributed by atoms with Crippen LogP contribution in [-0.4, -0.2) is 28.8 Å². The van der Waals surface area contributed by atoms with Crippen LogP contribution >= 0.6 is 17.0 Å². The van der Waals surface area contributed by atoms with Crippen molar-refractivity contribution in [3.05, 3.63) is 114 Å². The van der Waals surface area contributed by atoms with Gasteiger partial charge in [0.05, 0.1) is 5.56 Å². The Hall–Kier alpha value is -3.15. The highest BCUT2D eigenvalue weighted by molar-refractivity contribution is 8.93. The standard InChI is InChI=1S/C22H25NO.C7H6O2.BrH/c1-17(7-8-18-5-3-2-4-6-18)23-14-13-19-9-10-20-11-12-22(24)16-21(20)15-19;8-7(9)6-4-2-1-3-5-6;/h2-6,9-12,15-17,23-24H,7-8,13-14H2,1H3;1-5H,(H,8,9);1H. The maximum Gasteiger partial charge on any atom is 0.335 e. The van der Waals surface area contributed by atoms with E-state index in [1.165, 1.54) is 16.5 Å². The van der Waals surface area contributed by atoms with Crippen molar-refractivity contribution >= 4 is 33.7 Å². The molecule has 0 heterocycles. The Balaban J connectivity index is 0.000000345. The average Bonchev–Trinajstić information content (AvgIpc) is 2.84. The molecule has 4 rings (SSSR count). The fourth-order valence-corrected chi connectivity index (χ4v) is 3.61. The van der Waals surface area contributed by atoms with Gasteiger partial charge in [-0.25, -0.2) is 4.79 Å². The fourth-order valence-electron chi connectivity index (χ4n) is 3.61. The van der Waals surface area contributed by atoms with E-state index in [0.717, 1.165) is 31.2 Å². The van der Waals surface area contributed by atoms with E-state index in [1.54, 1.807) is 36.4 Å². The SMILES string of the molecule is Br.CC(CCc1ccccc1)NCCc1ccc2ccc(O)cc2c1.O=C(O)c1ccccc1. The van der Waals surface area contributed by atoms with E-state index in [4.69, 9.17) is 5.11 Å². The van der Waals surface area contributed by atoms with E-state index < -0.39 is 5.97 Å². The first-order valence-electron chi connectivity index (χ1n) is 11.3. The molecule has 0 amide bonds. The molecule has 5 heteroatoms. The normalized spacial score (nSPS) is 11.1. The first-order chi connectivity index (χ1) is 16.0. The van der Waals surface area contributed by atoms with Gasteiger partial charge in [-0.15, -0.1) is 17.0 Å². The van der Waals surface area contributed by atoms with Crippen molar-refractivity contribution in [3.63, 3.8) is 0 Å². The summed E-state index contributed by atoms with van der Waals surface area (Å²) in [6.45, 7) is 3.22. The molecule has 0 aromatic heterocycles. The zero-order valence-corrected chi connectivity index (χ0v) is 21.1. The molecule has 34 heavy (non-hydrogen) atoms. The van der Waals surface area contributed by atoms with Crippen LogP contribution in [0.4, 0.5) is 0 Å². The summed E-state index contributed by atoms with van der Waals surface area (Å²) < 4.78 is 0. The summed E-state index contributed by atoms with van der Waals surface area (Å²) in [6.07, 6.45) is 3.27. The monoisotopic (exact) mass is 521 g/mol. The summed E-state index contributed by atoms with van der Waals surface area (Å²) in [5, 5.41) is 23.9. The lowest BCUT2D eigenvalue weighted by Crippen LogP contribution is -2.28. The third-order valence-electron chi connectivity index (χ3n) is 5.52. The summed E-state index contributed by atoms with van der Waals surface area (Å²) in [5.41, 5.74) is 3.04. The largest absolute Gasteiger partial charge is 0.508 e. The van der Waals surface area contributed by atoms with Crippen LogP contribution in [-0.2, 0) is 12.8 Å². The third-order valence-corrected chi connectivity index (χ3v) is 5.52. The van der Waals surface area contributed by atoms with Crippen LogP contribution in [0.3, 0.4) is 0 Å². The average molecular weight is 522 g/mol. The van der Waals surface area contributed by atoms with Gasteiger partial charge in [-0.3, -0.25) is 0 Å². The van der Waals surface area contributed by atoms with Gasteiger partial charge in [-0.2, -0.15) is 0 Å². The number of rotatable bonds is 8. The first-order valence-corrected chi connectivity index (χ1v) is 11.3. The van der Waals surface area contributed by atoms with Gasteiger partial charge in [0, 0.05) is 6.04 Å². The van der Waals surface area contributed by atoms with Gasteiger partial charge in [0.15, 0.2) is 0 Å². The molecule has 178 valence electrons. The number of aromatic hydroxyl groups is 1.